The highest BCUT2D eigenvalue weighted by Gasteiger charge is 2.10. The molecule has 102 valence electrons. The zero-order valence-electron chi connectivity index (χ0n) is 10.5. The summed E-state index contributed by atoms with van der Waals surface area (Å²) in [6.45, 7) is -0.135. The van der Waals surface area contributed by atoms with Crippen LogP contribution in [0.3, 0.4) is 0 Å². The number of likely N-dealkylation sites (N-methyl/N-ethyl adjacent to an activating group) is 1. The minimum absolute atomic E-state index is 0.0162. The van der Waals surface area contributed by atoms with Crippen LogP contribution in [0.4, 0.5) is 4.39 Å². The van der Waals surface area contributed by atoms with Crippen LogP contribution in [0.1, 0.15) is 5.56 Å². The normalized spacial score (nSPS) is 10.5. The van der Waals surface area contributed by atoms with Gasteiger partial charge in [0, 0.05) is 13.1 Å². The van der Waals surface area contributed by atoms with E-state index in [0.717, 1.165) is 0 Å². The summed E-state index contributed by atoms with van der Waals surface area (Å²) in [7, 11) is 2.72. The first-order chi connectivity index (χ1) is 8.93. The topological polar surface area (TPSA) is 46.6 Å². The van der Waals surface area contributed by atoms with E-state index < -0.39 is 11.8 Å². The Morgan fingerprint density at radius 1 is 1.47 bits per heavy atom. The van der Waals surface area contributed by atoms with Crippen molar-refractivity contribution in [2.75, 3.05) is 20.7 Å². The molecule has 0 heterocycles. The molecule has 6 heteroatoms. The third kappa shape index (κ3) is 4.71. The van der Waals surface area contributed by atoms with Crippen LogP contribution in [0.2, 0.25) is 5.02 Å². The molecule has 1 aromatic rings. The summed E-state index contributed by atoms with van der Waals surface area (Å²) in [6.07, 6.45) is 2.76. The molecular weight excluding hydrogens is 273 g/mol. The molecule has 0 aromatic heterocycles. The maximum atomic E-state index is 12.9. The maximum Gasteiger partial charge on any atom is 0.325 e. The molecule has 0 aliphatic rings. The Bertz CT molecular complexity index is 517. The van der Waals surface area contributed by atoms with Gasteiger partial charge in [-0.15, -0.1) is 0 Å². The van der Waals surface area contributed by atoms with Crippen molar-refractivity contribution in [2.45, 2.75) is 0 Å². The molecule has 1 aromatic carbocycles. The van der Waals surface area contributed by atoms with Gasteiger partial charge in [-0.05, 0) is 23.8 Å². The standard InChI is InChI=1S/C13H13ClFNO3/c1-16(8-13(18)19-2)12(17)6-4-9-3-5-11(15)10(14)7-9/h3-7H,8H2,1-2H3/b6-4+. The van der Waals surface area contributed by atoms with Crippen molar-refractivity contribution in [1.29, 1.82) is 0 Å². The van der Waals surface area contributed by atoms with Crippen molar-refractivity contribution < 1.29 is 18.7 Å². The van der Waals surface area contributed by atoms with Gasteiger partial charge in [-0.3, -0.25) is 9.59 Å². The van der Waals surface area contributed by atoms with Crippen molar-refractivity contribution in [2.24, 2.45) is 0 Å². The van der Waals surface area contributed by atoms with Crippen LogP contribution in [0.15, 0.2) is 24.3 Å². The molecule has 0 saturated heterocycles. The number of ether oxygens (including phenoxy) is 1. The number of hydrogen-bond donors (Lipinski definition) is 0. The van der Waals surface area contributed by atoms with Crippen LogP contribution in [-0.2, 0) is 14.3 Å². The molecule has 4 nitrogen and oxygen atoms in total. The lowest BCUT2D eigenvalue weighted by molar-refractivity contribution is -0.144. The third-order valence-electron chi connectivity index (χ3n) is 2.33. The predicted molar refractivity (Wildman–Crippen MR) is 70.1 cm³/mol. The number of hydrogen-bond acceptors (Lipinski definition) is 3. The summed E-state index contributed by atoms with van der Waals surface area (Å²) in [5, 5.41) is -0.0162. The van der Waals surface area contributed by atoms with Crippen LogP contribution in [-0.4, -0.2) is 37.5 Å². The Morgan fingerprint density at radius 2 is 2.16 bits per heavy atom. The molecule has 0 radical (unpaired) electrons. The number of methoxy groups -OCH3 is 1. The van der Waals surface area contributed by atoms with E-state index in [0.29, 0.717) is 5.56 Å². The lowest BCUT2D eigenvalue weighted by Crippen LogP contribution is -2.31. The minimum Gasteiger partial charge on any atom is -0.468 e. The van der Waals surface area contributed by atoms with Crippen LogP contribution >= 0.6 is 11.6 Å². The van der Waals surface area contributed by atoms with Crippen LogP contribution < -0.4 is 0 Å². The van der Waals surface area contributed by atoms with Gasteiger partial charge in [0.2, 0.25) is 5.91 Å². The summed E-state index contributed by atoms with van der Waals surface area (Å²) in [6, 6.07) is 4.11. The fourth-order valence-corrected chi connectivity index (χ4v) is 1.44. The van der Waals surface area contributed by atoms with Gasteiger partial charge in [-0.2, -0.15) is 0 Å². The fourth-order valence-electron chi connectivity index (χ4n) is 1.25. The smallest absolute Gasteiger partial charge is 0.325 e. The average Bonchev–Trinajstić information content (AvgIpc) is 2.39. The average molecular weight is 286 g/mol. The summed E-state index contributed by atoms with van der Waals surface area (Å²) in [5.41, 5.74) is 0.589. The van der Waals surface area contributed by atoms with E-state index in [-0.39, 0.29) is 17.5 Å². The van der Waals surface area contributed by atoms with Gasteiger partial charge in [0.05, 0.1) is 12.1 Å². The number of rotatable bonds is 4. The number of carbonyl (C=O) groups excluding carboxylic acids is 2. The highest BCUT2D eigenvalue weighted by Crippen LogP contribution is 2.16. The Labute approximate surface area is 115 Å². The second-order valence-corrected chi connectivity index (χ2v) is 4.18. The van der Waals surface area contributed by atoms with E-state index >= 15 is 0 Å². The third-order valence-corrected chi connectivity index (χ3v) is 2.62. The summed E-state index contributed by atoms with van der Waals surface area (Å²) < 4.78 is 17.4. The molecule has 1 rings (SSSR count). The molecule has 0 N–H and O–H groups in total. The summed E-state index contributed by atoms with van der Waals surface area (Å²) in [4.78, 5) is 23.8. The minimum atomic E-state index is -0.520. The van der Waals surface area contributed by atoms with E-state index in [1.165, 1.54) is 49.4 Å². The van der Waals surface area contributed by atoms with Crippen LogP contribution in [0.5, 0.6) is 0 Å². The second kappa shape index (κ2) is 6.89. The molecule has 0 fully saturated rings. The Balaban J connectivity index is 2.67. The molecule has 0 spiro atoms. The molecule has 0 unspecified atom stereocenters. The highest BCUT2D eigenvalue weighted by molar-refractivity contribution is 6.30. The molecule has 0 saturated carbocycles. The lowest BCUT2D eigenvalue weighted by atomic mass is 10.2. The van der Waals surface area contributed by atoms with Crippen molar-refractivity contribution in [3.8, 4) is 0 Å². The van der Waals surface area contributed by atoms with Gasteiger partial charge in [0.1, 0.15) is 12.4 Å². The quantitative estimate of drug-likeness (QED) is 0.629. The number of halogens is 2. The van der Waals surface area contributed by atoms with Gasteiger partial charge in [-0.1, -0.05) is 17.7 Å². The number of amides is 1. The first-order valence-electron chi connectivity index (χ1n) is 5.39. The highest BCUT2D eigenvalue weighted by atomic mass is 35.5. The van der Waals surface area contributed by atoms with E-state index in [1.54, 1.807) is 0 Å². The monoisotopic (exact) mass is 285 g/mol. The summed E-state index contributed by atoms with van der Waals surface area (Å²) >= 11 is 5.61. The SMILES string of the molecule is COC(=O)CN(C)C(=O)/C=C/c1ccc(F)c(Cl)c1. The number of nitrogens with zero attached hydrogens (tertiary/aromatic N) is 1. The zero-order valence-corrected chi connectivity index (χ0v) is 11.3. The van der Waals surface area contributed by atoms with Crippen molar-refractivity contribution in [3.05, 3.63) is 40.7 Å². The molecule has 0 atom stereocenters. The van der Waals surface area contributed by atoms with E-state index in [1.807, 2.05) is 0 Å². The Hall–Kier alpha value is -1.88. The maximum absolute atomic E-state index is 12.9. The van der Waals surface area contributed by atoms with Gasteiger partial charge in [-0.25, -0.2) is 4.39 Å². The molecule has 0 aliphatic heterocycles. The number of benzene rings is 1. The molecule has 0 bridgehead atoms. The second-order valence-electron chi connectivity index (χ2n) is 3.78. The van der Waals surface area contributed by atoms with E-state index in [2.05, 4.69) is 4.74 Å². The van der Waals surface area contributed by atoms with Gasteiger partial charge >= 0.3 is 5.97 Å². The molecular formula is C13H13ClFNO3. The Kier molecular flexibility index (Phi) is 5.51. The molecule has 0 aliphatic carbocycles. The first kappa shape index (κ1) is 15.2. The predicted octanol–water partition coefficient (Wildman–Crippen LogP) is 2.12. The van der Waals surface area contributed by atoms with E-state index in [4.69, 9.17) is 11.6 Å². The van der Waals surface area contributed by atoms with Crippen LogP contribution in [0.25, 0.3) is 6.08 Å². The van der Waals surface area contributed by atoms with Crippen molar-refractivity contribution >= 4 is 29.6 Å². The zero-order chi connectivity index (χ0) is 14.4. The lowest BCUT2D eigenvalue weighted by Gasteiger charge is -2.12. The largest absolute Gasteiger partial charge is 0.468 e. The van der Waals surface area contributed by atoms with Crippen molar-refractivity contribution in [1.82, 2.24) is 4.90 Å². The van der Waals surface area contributed by atoms with Gasteiger partial charge < -0.3 is 9.64 Å². The number of esters is 1. The number of carbonyl (C=O) groups is 2. The molecule has 19 heavy (non-hydrogen) atoms. The van der Waals surface area contributed by atoms with E-state index in [9.17, 15) is 14.0 Å². The summed E-state index contributed by atoms with van der Waals surface area (Å²) in [5.74, 6) is -1.40. The van der Waals surface area contributed by atoms with Gasteiger partial charge in [0.15, 0.2) is 0 Å². The fraction of sp³-hybridized carbons (Fsp3) is 0.231. The van der Waals surface area contributed by atoms with Crippen LogP contribution in [0, 0.1) is 5.82 Å². The first-order valence-corrected chi connectivity index (χ1v) is 5.77. The van der Waals surface area contributed by atoms with Gasteiger partial charge in [0.25, 0.3) is 0 Å². The molecule has 1 amide bonds. The Morgan fingerprint density at radius 3 is 2.74 bits per heavy atom. The van der Waals surface area contributed by atoms with Crippen molar-refractivity contribution in [3.63, 3.8) is 0 Å².